The van der Waals surface area contributed by atoms with Crippen LogP contribution < -0.4 is 0 Å². The van der Waals surface area contributed by atoms with E-state index in [1.54, 1.807) is 30.5 Å². The molecular weight excluding hydrogens is 360 g/mol. The van der Waals surface area contributed by atoms with Crippen molar-refractivity contribution in [1.29, 1.82) is 0 Å². The first-order chi connectivity index (χ1) is 12.2. The van der Waals surface area contributed by atoms with Crippen LogP contribution in [0.2, 0.25) is 19.6 Å². The van der Waals surface area contributed by atoms with Crippen molar-refractivity contribution in [3.63, 3.8) is 0 Å². The highest BCUT2D eigenvalue weighted by molar-refractivity contribution is 7.89. The molecule has 0 amide bonds. The van der Waals surface area contributed by atoms with Gasteiger partial charge in [0.2, 0.25) is 0 Å². The Morgan fingerprint density at radius 3 is 2.23 bits per heavy atom. The summed E-state index contributed by atoms with van der Waals surface area (Å²) in [6.45, 7) is 8.30. The van der Waals surface area contributed by atoms with E-state index < -0.39 is 18.1 Å². The van der Waals surface area contributed by atoms with Crippen LogP contribution in [-0.4, -0.2) is 33.7 Å². The first-order valence-electron chi connectivity index (χ1n) is 8.37. The van der Waals surface area contributed by atoms with Crippen LogP contribution in [0, 0.1) is 18.4 Å². The molecule has 136 valence electrons. The molecule has 6 heteroatoms. The van der Waals surface area contributed by atoms with Gasteiger partial charge in [0.15, 0.2) is 0 Å². The summed E-state index contributed by atoms with van der Waals surface area (Å²) in [5, 5.41) is 4.22. The Hall–Kier alpha value is -2.36. The lowest BCUT2D eigenvalue weighted by Gasteiger charge is -2.17. The maximum atomic E-state index is 13.0. The Labute approximate surface area is 157 Å². The van der Waals surface area contributed by atoms with Gasteiger partial charge in [-0.25, -0.2) is 0 Å². The molecule has 0 N–H and O–H groups in total. The maximum Gasteiger partial charge on any atom is 0.279 e. The monoisotopic (exact) mass is 384 g/mol. The van der Waals surface area contributed by atoms with Crippen molar-refractivity contribution in [3.8, 4) is 11.5 Å². The normalized spacial score (nSPS) is 11.8. The Morgan fingerprint density at radius 1 is 1.04 bits per heavy atom. The lowest BCUT2D eigenvalue weighted by atomic mass is 10.2. The zero-order valence-corrected chi connectivity index (χ0v) is 17.4. The van der Waals surface area contributed by atoms with Crippen LogP contribution in [0.5, 0.6) is 0 Å². The molecule has 0 aliphatic rings. The second kappa shape index (κ2) is 8.34. The summed E-state index contributed by atoms with van der Waals surface area (Å²) in [7, 11) is -5.35. The lowest BCUT2D eigenvalue weighted by Crippen LogP contribution is -2.27. The molecule has 26 heavy (non-hydrogen) atoms. The molecule has 0 spiro atoms. The summed E-state index contributed by atoms with van der Waals surface area (Å²) < 4.78 is 27.0. The Balaban J connectivity index is 2.36. The molecular formula is C20H24N2O2SSi. The molecule has 2 aromatic carbocycles. The van der Waals surface area contributed by atoms with Crippen LogP contribution >= 0.6 is 0 Å². The topological polar surface area (TPSA) is 49.7 Å². The second-order valence-corrected chi connectivity index (χ2v) is 13.6. The molecule has 0 saturated heterocycles. The molecule has 0 saturated carbocycles. The van der Waals surface area contributed by atoms with Crippen LogP contribution in [-0.2, 0) is 10.0 Å². The zero-order chi connectivity index (χ0) is 19.2. The molecule has 0 aromatic heterocycles. The molecule has 0 aliphatic carbocycles. The van der Waals surface area contributed by atoms with Gasteiger partial charge in [0.25, 0.3) is 10.0 Å². The van der Waals surface area contributed by atoms with E-state index in [-0.39, 0.29) is 11.4 Å². The molecule has 0 unspecified atom stereocenters. The fourth-order valence-corrected chi connectivity index (χ4v) is 3.80. The molecule has 4 nitrogen and oxygen atoms in total. The molecule has 0 fully saturated rings. The minimum Gasteiger partial charge on any atom is -0.200 e. The molecule has 0 bridgehead atoms. The highest BCUT2D eigenvalue weighted by Crippen LogP contribution is 2.16. The number of hydrogen-bond acceptors (Lipinski definition) is 3. The highest BCUT2D eigenvalue weighted by Gasteiger charge is 2.22. The number of hydrogen-bond donors (Lipinski definition) is 0. The number of nitrogens with zero attached hydrogens (tertiary/aromatic N) is 2. The largest absolute Gasteiger partial charge is 0.279 e. The van der Waals surface area contributed by atoms with E-state index in [4.69, 9.17) is 0 Å². The predicted octanol–water partition coefficient (Wildman–Crippen LogP) is 3.90. The molecule has 0 aliphatic heterocycles. The summed E-state index contributed by atoms with van der Waals surface area (Å²) in [5.74, 6) is 2.99. The number of aryl methyl sites for hydroxylation is 1. The van der Waals surface area contributed by atoms with Gasteiger partial charge in [0.05, 0.1) is 11.1 Å². The van der Waals surface area contributed by atoms with E-state index in [9.17, 15) is 8.42 Å². The van der Waals surface area contributed by atoms with Gasteiger partial charge in [-0.05, 0) is 24.6 Å². The third-order valence-corrected chi connectivity index (χ3v) is 5.98. The highest BCUT2D eigenvalue weighted by atomic mass is 32.2. The van der Waals surface area contributed by atoms with Gasteiger partial charge in [-0.3, -0.25) is 0 Å². The van der Waals surface area contributed by atoms with Gasteiger partial charge < -0.3 is 0 Å². The molecule has 0 heterocycles. The van der Waals surface area contributed by atoms with E-state index in [0.717, 1.165) is 15.5 Å². The predicted molar refractivity (Wildman–Crippen MR) is 110 cm³/mol. The lowest BCUT2D eigenvalue weighted by molar-refractivity contribution is 0.468. The van der Waals surface area contributed by atoms with Crippen molar-refractivity contribution in [2.45, 2.75) is 31.5 Å². The van der Waals surface area contributed by atoms with Gasteiger partial charge >= 0.3 is 0 Å². The van der Waals surface area contributed by atoms with Crippen molar-refractivity contribution < 1.29 is 8.42 Å². The minimum atomic E-state index is -3.76. The first kappa shape index (κ1) is 20.0. The van der Waals surface area contributed by atoms with Crippen molar-refractivity contribution >= 4 is 24.3 Å². The van der Waals surface area contributed by atoms with Crippen LogP contribution in [0.1, 0.15) is 11.1 Å². The maximum absolute atomic E-state index is 13.0. The van der Waals surface area contributed by atoms with Gasteiger partial charge in [-0.2, -0.15) is 17.9 Å². The fourth-order valence-electron chi connectivity index (χ4n) is 2.06. The molecule has 2 rings (SSSR count). The third-order valence-electron chi connectivity index (χ3n) is 3.41. The number of benzene rings is 2. The summed E-state index contributed by atoms with van der Waals surface area (Å²) in [6, 6.07) is 16.2. The van der Waals surface area contributed by atoms with E-state index in [2.05, 4.69) is 36.2 Å². The standard InChI is InChI=1S/C20H24N2O2SSi/c1-18-11-13-20(14-12-18)25(23,24)22(15-8-16-26(2,3)4)21-17-19-9-6-5-7-10-19/h5-7,9-14,17H,15H2,1-4H3/b21-17+. The number of rotatable bonds is 5. The zero-order valence-electron chi connectivity index (χ0n) is 15.6. The summed E-state index contributed by atoms with van der Waals surface area (Å²) >= 11 is 0. The van der Waals surface area contributed by atoms with Crippen LogP contribution in [0.25, 0.3) is 0 Å². The van der Waals surface area contributed by atoms with Crippen molar-refractivity contribution in [3.05, 3.63) is 65.7 Å². The van der Waals surface area contributed by atoms with Crippen LogP contribution in [0.15, 0.2) is 64.6 Å². The second-order valence-electron chi connectivity index (χ2n) is 7.01. The van der Waals surface area contributed by atoms with Crippen LogP contribution in [0.3, 0.4) is 0 Å². The molecule has 0 radical (unpaired) electrons. The van der Waals surface area contributed by atoms with Gasteiger partial charge in [0, 0.05) is 0 Å². The van der Waals surface area contributed by atoms with Gasteiger partial charge in [-0.1, -0.05) is 73.6 Å². The first-order valence-corrected chi connectivity index (χ1v) is 13.3. The van der Waals surface area contributed by atoms with E-state index in [1.165, 1.54) is 0 Å². The fraction of sp³-hybridized carbons (Fsp3) is 0.250. The summed E-state index contributed by atoms with van der Waals surface area (Å²) in [6.07, 6.45) is 1.54. The average Bonchev–Trinajstić information content (AvgIpc) is 2.58. The Kier molecular flexibility index (Phi) is 6.40. The van der Waals surface area contributed by atoms with Crippen molar-refractivity contribution in [1.82, 2.24) is 4.41 Å². The smallest absolute Gasteiger partial charge is 0.200 e. The van der Waals surface area contributed by atoms with E-state index in [1.807, 2.05) is 37.3 Å². The Morgan fingerprint density at radius 2 is 1.65 bits per heavy atom. The quantitative estimate of drug-likeness (QED) is 0.340. The third kappa shape index (κ3) is 5.87. The minimum absolute atomic E-state index is 0.0316. The summed E-state index contributed by atoms with van der Waals surface area (Å²) in [5.41, 5.74) is 5.02. The van der Waals surface area contributed by atoms with Crippen molar-refractivity contribution in [2.24, 2.45) is 5.10 Å². The van der Waals surface area contributed by atoms with Gasteiger partial charge in [-0.15, -0.1) is 5.54 Å². The van der Waals surface area contributed by atoms with E-state index in [0.29, 0.717) is 0 Å². The molecule has 2 aromatic rings. The summed E-state index contributed by atoms with van der Waals surface area (Å²) in [4.78, 5) is 0.211. The number of hydrazone groups is 1. The van der Waals surface area contributed by atoms with Gasteiger partial charge in [0.1, 0.15) is 14.6 Å². The molecule has 0 atom stereocenters. The van der Waals surface area contributed by atoms with E-state index >= 15 is 0 Å². The number of sulfonamides is 1. The van der Waals surface area contributed by atoms with Crippen molar-refractivity contribution in [2.75, 3.05) is 6.54 Å². The van der Waals surface area contributed by atoms with Crippen LogP contribution in [0.4, 0.5) is 0 Å². The average molecular weight is 385 g/mol. The Bertz CT molecular complexity index is 920. The SMILES string of the molecule is Cc1ccc(S(=O)(=O)N(CC#C[Si](C)(C)C)/N=C/c2ccccc2)cc1.